The number of benzene rings is 2. The Balaban J connectivity index is 1.42. The Morgan fingerprint density at radius 1 is 1.07 bits per heavy atom. The molecule has 0 atom stereocenters. The zero-order chi connectivity index (χ0) is 20.9. The third-order valence-corrected chi connectivity index (χ3v) is 5.34. The number of nitrogens with zero attached hydrogens (tertiary/aromatic N) is 1. The van der Waals surface area contributed by atoms with E-state index in [1.807, 2.05) is 25.1 Å². The summed E-state index contributed by atoms with van der Waals surface area (Å²) in [6.07, 6.45) is -1.49. The fourth-order valence-corrected chi connectivity index (χ4v) is 3.76. The summed E-state index contributed by atoms with van der Waals surface area (Å²) in [7, 11) is 0. The highest BCUT2D eigenvalue weighted by Crippen LogP contribution is 2.30. The second kappa shape index (κ2) is 9.44. The lowest BCUT2D eigenvalue weighted by Gasteiger charge is -2.32. The predicted molar refractivity (Wildman–Crippen MR) is 107 cm³/mol. The fraction of sp³-hybridized carbons (Fsp3) is 0.435. The van der Waals surface area contributed by atoms with Crippen molar-refractivity contribution in [2.45, 2.75) is 51.4 Å². The van der Waals surface area contributed by atoms with Gasteiger partial charge in [-0.15, -0.1) is 0 Å². The van der Waals surface area contributed by atoms with Crippen LogP contribution in [-0.2, 0) is 23.9 Å². The van der Waals surface area contributed by atoms with Gasteiger partial charge in [0.1, 0.15) is 0 Å². The molecule has 1 aliphatic heterocycles. The van der Waals surface area contributed by atoms with Crippen LogP contribution in [0.4, 0.5) is 13.2 Å². The van der Waals surface area contributed by atoms with Crippen molar-refractivity contribution in [2.24, 2.45) is 0 Å². The van der Waals surface area contributed by atoms with Crippen LogP contribution in [0.3, 0.4) is 0 Å². The molecule has 0 aliphatic carbocycles. The molecule has 0 saturated carbocycles. The number of amides is 1. The molecule has 3 nitrogen and oxygen atoms in total. The normalized spacial score (nSPS) is 16.0. The number of hydrogen-bond acceptors (Lipinski definition) is 2. The van der Waals surface area contributed by atoms with E-state index in [-0.39, 0.29) is 11.9 Å². The van der Waals surface area contributed by atoms with E-state index in [2.05, 4.69) is 16.3 Å². The standard InChI is InChI=1S/C23H27F3N2O/c1-17-4-2-5-18(14-17)8-9-22(29)27-21-10-12-28(13-11-21)16-19-6-3-7-20(15-19)23(24,25)26/h2-7,14-15,21H,8-13,16H2,1H3,(H,27,29). The summed E-state index contributed by atoms with van der Waals surface area (Å²) in [5.74, 6) is 0.0582. The first-order valence-corrected chi connectivity index (χ1v) is 10.0. The molecule has 2 aromatic rings. The van der Waals surface area contributed by atoms with E-state index in [4.69, 9.17) is 0 Å². The van der Waals surface area contributed by atoms with Crippen molar-refractivity contribution in [3.05, 3.63) is 70.8 Å². The third kappa shape index (κ3) is 6.60. The number of rotatable bonds is 6. The summed E-state index contributed by atoms with van der Waals surface area (Å²) in [5.41, 5.74) is 2.42. The Bertz CT molecular complexity index is 827. The van der Waals surface area contributed by atoms with Crippen LogP contribution in [0, 0.1) is 6.92 Å². The van der Waals surface area contributed by atoms with Crippen LogP contribution in [-0.4, -0.2) is 29.9 Å². The molecule has 6 heteroatoms. The van der Waals surface area contributed by atoms with Crippen molar-refractivity contribution in [3.63, 3.8) is 0 Å². The number of carbonyl (C=O) groups is 1. The molecule has 2 aromatic carbocycles. The Morgan fingerprint density at radius 3 is 2.45 bits per heavy atom. The molecular weight excluding hydrogens is 377 g/mol. The molecule has 0 spiro atoms. The monoisotopic (exact) mass is 404 g/mol. The van der Waals surface area contributed by atoms with Gasteiger partial charge in [0.2, 0.25) is 5.91 Å². The quantitative estimate of drug-likeness (QED) is 0.755. The molecule has 1 heterocycles. The van der Waals surface area contributed by atoms with Gasteiger partial charge in [0.15, 0.2) is 0 Å². The van der Waals surface area contributed by atoms with Gasteiger partial charge in [-0.2, -0.15) is 13.2 Å². The molecule has 156 valence electrons. The molecule has 29 heavy (non-hydrogen) atoms. The smallest absolute Gasteiger partial charge is 0.353 e. The maximum absolute atomic E-state index is 12.9. The second-order valence-corrected chi connectivity index (χ2v) is 7.81. The van der Waals surface area contributed by atoms with Gasteiger partial charge in [-0.1, -0.05) is 48.0 Å². The van der Waals surface area contributed by atoms with Crippen molar-refractivity contribution in [3.8, 4) is 0 Å². The van der Waals surface area contributed by atoms with Gasteiger partial charge in [0.25, 0.3) is 0 Å². The molecule has 0 radical (unpaired) electrons. The summed E-state index contributed by atoms with van der Waals surface area (Å²) < 4.78 is 38.6. The molecular formula is C23H27F3N2O. The molecule has 0 bridgehead atoms. The minimum Gasteiger partial charge on any atom is -0.353 e. The minimum absolute atomic E-state index is 0.0582. The van der Waals surface area contributed by atoms with Crippen molar-refractivity contribution in [1.82, 2.24) is 10.2 Å². The molecule has 1 N–H and O–H groups in total. The van der Waals surface area contributed by atoms with Crippen LogP contribution in [0.2, 0.25) is 0 Å². The van der Waals surface area contributed by atoms with Gasteiger partial charge in [0.05, 0.1) is 5.56 Å². The molecule has 3 rings (SSSR count). The summed E-state index contributed by atoms with van der Waals surface area (Å²) in [6, 6.07) is 13.8. The Kier molecular flexibility index (Phi) is 6.96. The zero-order valence-corrected chi connectivity index (χ0v) is 16.6. The number of halogens is 3. The molecule has 1 amide bonds. The van der Waals surface area contributed by atoms with Crippen LogP contribution >= 0.6 is 0 Å². The topological polar surface area (TPSA) is 32.3 Å². The van der Waals surface area contributed by atoms with E-state index in [0.29, 0.717) is 18.5 Å². The number of aryl methyl sites for hydroxylation is 2. The summed E-state index contributed by atoms with van der Waals surface area (Å²) in [5, 5.41) is 3.10. The fourth-order valence-electron chi connectivity index (χ4n) is 3.76. The molecule has 0 aromatic heterocycles. The zero-order valence-electron chi connectivity index (χ0n) is 16.6. The lowest BCUT2D eigenvalue weighted by molar-refractivity contribution is -0.137. The Labute approximate surface area is 169 Å². The van der Waals surface area contributed by atoms with E-state index in [0.717, 1.165) is 44.0 Å². The first-order chi connectivity index (χ1) is 13.8. The minimum atomic E-state index is -4.31. The van der Waals surface area contributed by atoms with Crippen LogP contribution < -0.4 is 5.32 Å². The van der Waals surface area contributed by atoms with Crippen molar-refractivity contribution >= 4 is 5.91 Å². The maximum atomic E-state index is 12.9. The van der Waals surface area contributed by atoms with Crippen LogP contribution in [0.5, 0.6) is 0 Å². The average molecular weight is 404 g/mol. The predicted octanol–water partition coefficient (Wildman–Crippen LogP) is 4.73. The number of piperidine rings is 1. The van der Waals surface area contributed by atoms with E-state index < -0.39 is 11.7 Å². The van der Waals surface area contributed by atoms with E-state index in [1.54, 1.807) is 6.07 Å². The number of likely N-dealkylation sites (tertiary alicyclic amines) is 1. The highest BCUT2D eigenvalue weighted by Gasteiger charge is 2.30. The van der Waals surface area contributed by atoms with Gasteiger partial charge in [-0.05, 0) is 43.4 Å². The van der Waals surface area contributed by atoms with Crippen molar-refractivity contribution in [1.29, 1.82) is 0 Å². The van der Waals surface area contributed by atoms with Crippen molar-refractivity contribution in [2.75, 3.05) is 13.1 Å². The van der Waals surface area contributed by atoms with Gasteiger partial charge >= 0.3 is 6.18 Å². The Morgan fingerprint density at radius 2 is 1.76 bits per heavy atom. The van der Waals surface area contributed by atoms with E-state index in [9.17, 15) is 18.0 Å². The molecule has 1 fully saturated rings. The van der Waals surface area contributed by atoms with E-state index in [1.165, 1.54) is 17.7 Å². The number of hydrogen-bond donors (Lipinski definition) is 1. The summed E-state index contributed by atoms with van der Waals surface area (Å²) in [6.45, 7) is 4.06. The highest BCUT2D eigenvalue weighted by molar-refractivity contribution is 5.76. The summed E-state index contributed by atoms with van der Waals surface area (Å²) >= 11 is 0. The largest absolute Gasteiger partial charge is 0.416 e. The van der Waals surface area contributed by atoms with Crippen LogP contribution in [0.1, 0.15) is 41.5 Å². The van der Waals surface area contributed by atoms with Gasteiger partial charge in [0, 0.05) is 32.1 Å². The third-order valence-electron chi connectivity index (χ3n) is 5.34. The Hall–Kier alpha value is -2.34. The number of alkyl halides is 3. The molecule has 0 unspecified atom stereocenters. The first-order valence-electron chi connectivity index (χ1n) is 10.0. The van der Waals surface area contributed by atoms with Gasteiger partial charge in [-0.3, -0.25) is 9.69 Å². The van der Waals surface area contributed by atoms with Crippen LogP contribution in [0.25, 0.3) is 0 Å². The van der Waals surface area contributed by atoms with Gasteiger partial charge < -0.3 is 5.32 Å². The first kappa shape index (κ1) is 21.4. The highest BCUT2D eigenvalue weighted by atomic mass is 19.4. The average Bonchev–Trinajstić information content (AvgIpc) is 2.68. The SMILES string of the molecule is Cc1cccc(CCC(=O)NC2CCN(Cc3cccc(C(F)(F)F)c3)CC2)c1. The van der Waals surface area contributed by atoms with Gasteiger partial charge in [-0.25, -0.2) is 0 Å². The molecule has 1 aliphatic rings. The number of nitrogens with one attached hydrogen (secondary N) is 1. The lowest BCUT2D eigenvalue weighted by atomic mass is 10.0. The second-order valence-electron chi connectivity index (χ2n) is 7.81. The maximum Gasteiger partial charge on any atom is 0.416 e. The van der Waals surface area contributed by atoms with E-state index >= 15 is 0 Å². The molecule has 1 saturated heterocycles. The van der Waals surface area contributed by atoms with Crippen molar-refractivity contribution < 1.29 is 18.0 Å². The lowest BCUT2D eigenvalue weighted by Crippen LogP contribution is -2.44. The summed E-state index contributed by atoms with van der Waals surface area (Å²) in [4.78, 5) is 14.4. The van der Waals surface area contributed by atoms with Crippen LogP contribution in [0.15, 0.2) is 48.5 Å². The number of carbonyl (C=O) groups excluding carboxylic acids is 1.